The molecule has 1 atom stereocenters. The number of hydrogen-bond acceptors (Lipinski definition) is 5. The third-order valence-electron chi connectivity index (χ3n) is 6.19. The summed E-state index contributed by atoms with van der Waals surface area (Å²) < 4.78 is 37.8. The first-order chi connectivity index (χ1) is 15.0. The van der Waals surface area contributed by atoms with Crippen molar-refractivity contribution in [2.45, 2.75) is 57.7 Å². The van der Waals surface area contributed by atoms with Crippen molar-refractivity contribution in [3.05, 3.63) is 46.8 Å². The summed E-state index contributed by atoms with van der Waals surface area (Å²) in [5.41, 5.74) is 1.85. The van der Waals surface area contributed by atoms with Gasteiger partial charge in [-0.15, -0.1) is 0 Å². The Kier molecular flexibility index (Phi) is 7.13. The minimum absolute atomic E-state index is 0.0331. The van der Waals surface area contributed by atoms with Gasteiger partial charge in [-0.3, -0.25) is 4.79 Å². The largest absolute Gasteiger partial charge is 0.417 e. The molecular formula is C23H25F3N4OS. The predicted molar refractivity (Wildman–Crippen MR) is 117 cm³/mol. The average molecular weight is 463 g/mol. The summed E-state index contributed by atoms with van der Waals surface area (Å²) in [6, 6.07) is 6.03. The van der Waals surface area contributed by atoms with E-state index in [2.05, 4.69) is 42.1 Å². The molecule has 1 aliphatic carbocycles. The van der Waals surface area contributed by atoms with Gasteiger partial charge in [0, 0.05) is 11.9 Å². The van der Waals surface area contributed by atoms with Gasteiger partial charge in [0.15, 0.2) is 0 Å². The van der Waals surface area contributed by atoms with Gasteiger partial charge in [0.05, 0.1) is 16.9 Å². The second kappa shape index (κ2) is 9.49. The van der Waals surface area contributed by atoms with E-state index in [9.17, 15) is 23.2 Å². The molecule has 32 heavy (non-hydrogen) atoms. The minimum atomic E-state index is -4.48. The molecule has 2 heterocycles. The first-order valence-corrected chi connectivity index (χ1v) is 11.4. The highest BCUT2D eigenvalue weighted by Gasteiger charge is 2.32. The van der Waals surface area contributed by atoms with Crippen molar-refractivity contribution >= 4 is 23.5 Å². The number of hydrogen-bond donors (Lipinski definition) is 1. The predicted octanol–water partition coefficient (Wildman–Crippen LogP) is 5.64. The van der Waals surface area contributed by atoms with E-state index in [1.54, 1.807) is 0 Å². The van der Waals surface area contributed by atoms with Crippen LogP contribution in [0.25, 0.3) is 0 Å². The molecule has 170 valence electrons. The van der Waals surface area contributed by atoms with Crippen LogP contribution in [0.15, 0.2) is 29.4 Å². The Balaban J connectivity index is 1.65. The number of nitriles is 1. The summed E-state index contributed by atoms with van der Waals surface area (Å²) >= 11 is 1.14. The van der Waals surface area contributed by atoms with Crippen LogP contribution in [0.2, 0.25) is 0 Å². The van der Waals surface area contributed by atoms with Gasteiger partial charge >= 0.3 is 6.18 Å². The molecule has 9 heteroatoms. The number of alkyl halides is 3. The number of rotatable bonds is 6. The molecule has 0 saturated heterocycles. The van der Waals surface area contributed by atoms with Gasteiger partial charge in [-0.2, -0.15) is 18.4 Å². The monoisotopic (exact) mass is 462 g/mol. The number of carbonyl (C=O) groups excluding carboxylic acids is 1. The van der Waals surface area contributed by atoms with Gasteiger partial charge in [0.25, 0.3) is 0 Å². The Hall–Kier alpha value is -2.60. The zero-order valence-corrected chi connectivity index (χ0v) is 19.0. The van der Waals surface area contributed by atoms with Gasteiger partial charge in [0.1, 0.15) is 16.9 Å². The fourth-order valence-electron chi connectivity index (χ4n) is 3.74. The Morgan fingerprint density at radius 2 is 2.09 bits per heavy atom. The van der Waals surface area contributed by atoms with Crippen LogP contribution >= 0.6 is 11.8 Å². The molecule has 2 aromatic rings. The van der Waals surface area contributed by atoms with E-state index in [1.165, 1.54) is 0 Å². The van der Waals surface area contributed by atoms with E-state index in [0.29, 0.717) is 22.7 Å². The van der Waals surface area contributed by atoms with E-state index >= 15 is 0 Å². The number of fused-ring (bicyclic) bond motifs is 1. The van der Waals surface area contributed by atoms with Gasteiger partial charge < -0.3 is 5.32 Å². The van der Waals surface area contributed by atoms with Crippen LogP contribution < -0.4 is 5.32 Å². The van der Waals surface area contributed by atoms with Gasteiger partial charge in [-0.25, -0.2) is 9.97 Å². The maximum absolute atomic E-state index is 12.6. The fraction of sp³-hybridized carbons (Fsp3) is 0.478. The third kappa shape index (κ3) is 5.60. The van der Waals surface area contributed by atoms with Crippen LogP contribution in [0.3, 0.4) is 0 Å². The Bertz CT molecular complexity index is 1030. The van der Waals surface area contributed by atoms with E-state index < -0.39 is 17.6 Å². The molecular weight excluding hydrogens is 437 g/mol. The highest BCUT2D eigenvalue weighted by Crippen LogP contribution is 2.40. The van der Waals surface area contributed by atoms with Crippen molar-refractivity contribution in [3.8, 4) is 6.07 Å². The van der Waals surface area contributed by atoms with Crippen molar-refractivity contribution < 1.29 is 18.0 Å². The Morgan fingerprint density at radius 3 is 2.69 bits per heavy atom. The summed E-state index contributed by atoms with van der Waals surface area (Å²) in [6.07, 6.45) is 0.0464. The Labute approximate surface area is 189 Å². The number of carbonyl (C=O) groups is 1. The average Bonchev–Trinajstić information content (AvgIpc) is 2.76. The van der Waals surface area contributed by atoms with Crippen molar-refractivity contribution in [2.24, 2.45) is 11.3 Å². The van der Waals surface area contributed by atoms with Crippen LogP contribution in [0.5, 0.6) is 0 Å². The quantitative estimate of drug-likeness (QED) is 0.562. The highest BCUT2D eigenvalue weighted by atomic mass is 32.2. The lowest BCUT2D eigenvalue weighted by atomic mass is 9.69. The molecule has 0 aromatic carbocycles. The molecule has 0 unspecified atom stereocenters. The van der Waals surface area contributed by atoms with Crippen molar-refractivity contribution in [3.63, 3.8) is 0 Å². The van der Waals surface area contributed by atoms with Crippen LogP contribution in [0, 0.1) is 22.7 Å². The lowest BCUT2D eigenvalue weighted by Gasteiger charge is -2.37. The summed E-state index contributed by atoms with van der Waals surface area (Å²) in [6.45, 7) is 6.74. The highest BCUT2D eigenvalue weighted by molar-refractivity contribution is 8.00. The molecule has 1 amide bonds. The SMILES string of the molecule is CCC(C)(C)[C@H]1CCc2nc(SCC(=O)Nc3ccc(C(F)(F)F)cn3)c(C#N)cc2C1. The second-order valence-electron chi connectivity index (χ2n) is 8.61. The smallest absolute Gasteiger partial charge is 0.310 e. The second-order valence-corrected chi connectivity index (χ2v) is 9.57. The maximum atomic E-state index is 12.6. The first-order valence-electron chi connectivity index (χ1n) is 10.4. The molecule has 1 aliphatic rings. The number of pyridine rings is 2. The molecule has 0 aliphatic heterocycles. The van der Waals surface area contributed by atoms with Crippen molar-refractivity contribution in [1.29, 1.82) is 5.26 Å². The van der Waals surface area contributed by atoms with Gasteiger partial charge in [0.2, 0.25) is 5.91 Å². The van der Waals surface area contributed by atoms with E-state index in [1.807, 2.05) is 6.07 Å². The summed E-state index contributed by atoms with van der Waals surface area (Å²) in [5, 5.41) is 12.5. The number of anilines is 1. The van der Waals surface area contributed by atoms with Gasteiger partial charge in [-0.05, 0) is 54.4 Å². The number of halogens is 3. The molecule has 0 radical (unpaired) electrons. The number of aryl methyl sites for hydroxylation is 1. The summed E-state index contributed by atoms with van der Waals surface area (Å²) in [7, 11) is 0. The molecule has 1 N–H and O–H groups in total. The molecule has 5 nitrogen and oxygen atoms in total. The lowest BCUT2D eigenvalue weighted by molar-refractivity contribution is -0.137. The molecule has 0 spiro atoms. The Morgan fingerprint density at radius 1 is 1.34 bits per heavy atom. The molecule has 0 saturated carbocycles. The number of aromatic nitrogens is 2. The standard InChI is InChI=1S/C23H25F3N4OS/c1-4-22(2,3)16-5-7-18-14(10-16)9-15(11-27)21(29-18)32-13-20(31)30-19-8-6-17(12-28-19)23(24,25)26/h6,8-9,12,16H,4-5,7,10,13H2,1-3H3,(H,28,30,31)/t16-/m0/s1. The number of amides is 1. The summed E-state index contributed by atoms with van der Waals surface area (Å²) in [4.78, 5) is 20.5. The van der Waals surface area contributed by atoms with Crippen molar-refractivity contribution in [2.75, 3.05) is 11.1 Å². The zero-order valence-electron chi connectivity index (χ0n) is 18.2. The molecule has 0 fully saturated rings. The minimum Gasteiger partial charge on any atom is -0.310 e. The van der Waals surface area contributed by atoms with Crippen molar-refractivity contribution in [1.82, 2.24) is 9.97 Å². The number of nitrogens with one attached hydrogen (secondary N) is 1. The fourth-order valence-corrected chi connectivity index (χ4v) is 4.51. The van der Waals surface area contributed by atoms with Crippen LogP contribution in [-0.4, -0.2) is 21.6 Å². The normalized spacial score (nSPS) is 16.2. The lowest BCUT2D eigenvalue weighted by Crippen LogP contribution is -2.29. The maximum Gasteiger partial charge on any atom is 0.417 e. The first kappa shape index (κ1) is 24.1. The molecule has 3 rings (SSSR count). The molecule has 2 aromatic heterocycles. The number of nitrogens with zero attached hydrogens (tertiary/aromatic N) is 3. The van der Waals surface area contributed by atoms with E-state index in [0.717, 1.165) is 60.8 Å². The number of thioether (sulfide) groups is 1. The zero-order chi connectivity index (χ0) is 23.5. The van der Waals surface area contributed by atoms with E-state index in [-0.39, 0.29) is 17.0 Å². The van der Waals surface area contributed by atoms with Crippen LogP contribution in [-0.2, 0) is 23.8 Å². The van der Waals surface area contributed by atoms with E-state index in [4.69, 9.17) is 0 Å². The summed E-state index contributed by atoms with van der Waals surface area (Å²) in [5.74, 6) is 0.102. The molecule has 0 bridgehead atoms. The van der Waals surface area contributed by atoms with Crippen LogP contribution in [0.4, 0.5) is 19.0 Å². The topological polar surface area (TPSA) is 78.7 Å². The third-order valence-corrected chi connectivity index (χ3v) is 7.18. The van der Waals surface area contributed by atoms with Gasteiger partial charge in [-0.1, -0.05) is 39.0 Å². The van der Waals surface area contributed by atoms with Crippen LogP contribution in [0.1, 0.15) is 56.0 Å².